The lowest BCUT2D eigenvalue weighted by Crippen LogP contribution is -2.62. The summed E-state index contributed by atoms with van der Waals surface area (Å²) in [5.74, 6) is -1.21. The molecule has 0 aromatic rings. The molecule has 2 N–H and O–H groups in total. The van der Waals surface area contributed by atoms with Crippen molar-refractivity contribution in [3.63, 3.8) is 0 Å². The van der Waals surface area contributed by atoms with E-state index >= 15 is 0 Å². The lowest BCUT2D eigenvalue weighted by atomic mass is 10.0. The third-order valence-electron chi connectivity index (χ3n) is 2.32. The van der Waals surface area contributed by atoms with Crippen LogP contribution in [0.3, 0.4) is 0 Å². The van der Waals surface area contributed by atoms with Gasteiger partial charge in [0.2, 0.25) is 11.8 Å². The van der Waals surface area contributed by atoms with Gasteiger partial charge >= 0.3 is 6.18 Å². The Morgan fingerprint density at radius 3 is 1.88 bits per heavy atom. The van der Waals surface area contributed by atoms with E-state index in [0.29, 0.717) is 0 Å². The van der Waals surface area contributed by atoms with Gasteiger partial charge in [0, 0.05) is 19.4 Å². The standard InChI is InChI=1S/C10H17F3N2O2/c1-4-7(16)14-6-9(3,10(11,12)13)15-8(17)5-2/h4-6H2,1-3H3,(H,14,16)(H,15,17)/t9-/m0/s1. The van der Waals surface area contributed by atoms with Crippen LogP contribution in [0, 0.1) is 0 Å². The van der Waals surface area contributed by atoms with Crippen molar-refractivity contribution in [2.24, 2.45) is 0 Å². The van der Waals surface area contributed by atoms with Crippen LogP contribution in [-0.2, 0) is 9.59 Å². The van der Waals surface area contributed by atoms with Crippen LogP contribution in [0.15, 0.2) is 0 Å². The first-order chi connectivity index (χ1) is 7.66. The highest BCUT2D eigenvalue weighted by Gasteiger charge is 2.52. The summed E-state index contributed by atoms with van der Waals surface area (Å²) in [6.07, 6.45) is -4.58. The number of hydrogen-bond donors (Lipinski definition) is 2. The molecule has 0 aromatic carbocycles. The zero-order valence-corrected chi connectivity index (χ0v) is 10.1. The van der Waals surface area contributed by atoms with Crippen molar-refractivity contribution in [1.29, 1.82) is 0 Å². The molecule has 0 heterocycles. The first-order valence-corrected chi connectivity index (χ1v) is 5.30. The van der Waals surface area contributed by atoms with Crippen molar-refractivity contribution in [2.45, 2.75) is 45.3 Å². The molecule has 0 spiro atoms. The van der Waals surface area contributed by atoms with Crippen molar-refractivity contribution in [3.05, 3.63) is 0 Å². The molecule has 0 aliphatic heterocycles. The van der Waals surface area contributed by atoms with Crippen molar-refractivity contribution >= 4 is 11.8 Å². The molecule has 1 atom stereocenters. The predicted octanol–water partition coefficient (Wildman–Crippen LogP) is 1.36. The Bertz CT molecular complexity index is 292. The molecule has 17 heavy (non-hydrogen) atoms. The maximum absolute atomic E-state index is 12.8. The summed E-state index contributed by atoms with van der Waals surface area (Å²) in [4.78, 5) is 22.0. The molecular weight excluding hydrogens is 237 g/mol. The van der Waals surface area contributed by atoms with Crippen LogP contribution in [0.25, 0.3) is 0 Å². The molecule has 4 nitrogen and oxygen atoms in total. The fourth-order valence-corrected chi connectivity index (χ4v) is 1.01. The van der Waals surface area contributed by atoms with E-state index in [2.05, 4.69) is 5.32 Å². The summed E-state index contributed by atoms with van der Waals surface area (Å²) in [6.45, 7) is 3.16. The average Bonchev–Trinajstić information content (AvgIpc) is 2.24. The van der Waals surface area contributed by atoms with Crippen LogP contribution < -0.4 is 10.6 Å². The zero-order chi connectivity index (χ0) is 13.7. The van der Waals surface area contributed by atoms with Crippen LogP contribution in [-0.4, -0.2) is 30.1 Å². The Morgan fingerprint density at radius 1 is 1.06 bits per heavy atom. The molecule has 0 saturated heterocycles. The Balaban J connectivity index is 4.74. The Hall–Kier alpha value is -1.27. The molecule has 100 valence electrons. The molecular formula is C10H17F3N2O2. The van der Waals surface area contributed by atoms with Crippen molar-refractivity contribution in [2.75, 3.05) is 6.54 Å². The second kappa shape index (κ2) is 5.88. The van der Waals surface area contributed by atoms with E-state index in [4.69, 9.17) is 0 Å². The lowest BCUT2D eigenvalue weighted by molar-refractivity contribution is -0.192. The summed E-state index contributed by atoms with van der Waals surface area (Å²) in [5, 5.41) is 4.02. The van der Waals surface area contributed by atoms with Gasteiger partial charge in [-0.25, -0.2) is 0 Å². The molecule has 0 aliphatic carbocycles. The van der Waals surface area contributed by atoms with Gasteiger partial charge in [0.25, 0.3) is 0 Å². The summed E-state index contributed by atoms with van der Waals surface area (Å²) in [6, 6.07) is 0. The van der Waals surface area contributed by atoms with Gasteiger partial charge in [-0.2, -0.15) is 13.2 Å². The molecule has 2 amide bonds. The highest BCUT2D eigenvalue weighted by atomic mass is 19.4. The SMILES string of the molecule is CCC(=O)NC[C@](C)(NC(=O)CC)C(F)(F)F. The summed E-state index contributed by atoms with van der Waals surface area (Å²) in [7, 11) is 0. The highest BCUT2D eigenvalue weighted by Crippen LogP contribution is 2.29. The minimum Gasteiger partial charge on any atom is -0.353 e. The number of carbonyl (C=O) groups excluding carboxylic acids is 2. The summed E-state index contributed by atoms with van der Waals surface area (Å²) >= 11 is 0. The van der Waals surface area contributed by atoms with Gasteiger partial charge in [-0.3, -0.25) is 9.59 Å². The van der Waals surface area contributed by atoms with Gasteiger partial charge in [-0.1, -0.05) is 13.8 Å². The largest absolute Gasteiger partial charge is 0.412 e. The molecule has 0 bridgehead atoms. The maximum atomic E-state index is 12.8. The molecule has 0 saturated carbocycles. The predicted molar refractivity (Wildman–Crippen MR) is 56.2 cm³/mol. The number of carbonyl (C=O) groups is 2. The maximum Gasteiger partial charge on any atom is 0.412 e. The first kappa shape index (κ1) is 15.7. The van der Waals surface area contributed by atoms with E-state index in [9.17, 15) is 22.8 Å². The molecule has 0 unspecified atom stereocenters. The second-order valence-corrected chi connectivity index (χ2v) is 3.86. The van der Waals surface area contributed by atoms with E-state index in [0.717, 1.165) is 6.92 Å². The van der Waals surface area contributed by atoms with Crippen LogP contribution in [0.1, 0.15) is 33.6 Å². The van der Waals surface area contributed by atoms with E-state index < -0.39 is 30.1 Å². The number of nitrogens with one attached hydrogen (secondary N) is 2. The van der Waals surface area contributed by atoms with Crippen LogP contribution in [0.4, 0.5) is 13.2 Å². The Morgan fingerprint density at radius 2 is 1.53 bits per heavy atom. The Kier molecular flexibility index (Phi) is 5.44. The van der Waals surface area contributed by atoms with Gasteiger partial charge in [0.15, 0.2) is 5.54 Å². The van der Waals surface area contributed by atoms with Crippen LogP contribution >= 0.6 is 0 Å². The van der Waals surface area contributed by atoms with Gasteiger partial charge in [0.05, 0.1) is 0 Å². The van der Waals surface area contributed by atoms with E-state index in [1.54, 1.807) is 0 Å². The highest BCUT2D eigenvalue weighted by molar-refractivity contribution is 5.77. The minimum absolute atomic E-state index is 0.0482. The Labute approximate surface area is 97.9 Å². The quantitative estimate of drug-likeness (QED) is 0.778. The molecule has 0 rings (SSSR count). The number of alkyl halides is 3. The summed E-state index contributed by atoms with van der Waals surface area (Å²) < 4.78 is 38.4. The average molecular weight is 254 g/mol. The van der Waals surface area contributed by atoms with E-state index in [1.165, 1.54) is 13.8 Å². The third kappa shape index (κ3) is 4.62. The fourth-order valence-electron chi connectivity index (χ4n) is 1.01. The van der Waals surface area contributed by atoms with Gasteiger partial charge in [0.1, 0.15) is 0 Å². The molecule has 0 fully saturated rings. The topological polar surface area (TPSA) is 58.2 Å². The minimum atomic E-state index is -4.63. The zero-order valence-electron chi connectivity index (χ0n) is 10.1. The van der Waals surface area contributed by atoms with Gasteiger partial charge < -0.3 is 10.6 Å². The van der Waals surface area contributed by atoms with E-state index in [1.807, 2.05) is 5.32 Å². The molecule has 7 heteroatoms. The smallest absolute Gasteiger partial charge is 0.353 e. The van der Waals surface area contributed by atoms with Crippen molar-refractivity contribution < 1.29 is 22.8 Å². The monoisotopic (exact) mass is 254 g/mol. The van der Waals surface area contributed by atoms with Gasteiger partial charge in [-0.15, -0.1) is 0 Å². The van der Waals surface area contributed by atoms with E-state index in [-0.39, 0.29) is 12.8 Å². The number of amides is 2. The molecule has 0 aromatic heterocycles. The van der Waals surface area contributed by atoms with Crippen molar-refractivity contribution in [1.82, 2.24) is 10.6 Å². The fraction of sp³-hybridized carbons (Fsp3) is 0.800. The number of rotatable bonds is 5. The second-order valence-electron chi connectivity index (χ2n) is 3.86. The normalized spacial score (nSPS) is 14.9. The molecule has 0 radical (unpaired) electrons. The lowest BCUT2D eigenvalue weighted by Gasteiger charge is -2.33. The number of halogens is 3. The third-order valence-corrected chi connectivity index (χ3v) is 2.32. The number of hydrogen-bond acceptors (Lipinski definition) is 2. The molecule has 0 aliphatic rings. The van der Waals surface area contributed by atoms with Gasteiger partial charge in [-0.05, 0) is 6.92 Å². The van der Waals surface area contributed by atoms with Crippen LogP contribution in [0.2, 0.25) is 0 Å². The first-order valence-electron chi connectivity index (χ1n) is 5.30. The summed E-state index contributed by atoms with van der Waals surface area (Å²) in [5.41, 5.74) is -2.44. The van der Waals surface area contributed by atoms with Crippen LogP contribution in [0.5, 0.6) is 0 Å². The van der Waals surface area contributed by atoms with Crippen molar-refractivity contribution in [3.8, 4) is 0 Å².